The summed E-state index contributed by atoms with van der Waals surface area (Å²) in [6.07, 6.45) is 0.996. The zero-order chi connectivity index (χ0) is 18.8. The van der Waals surface area contributed by atoms with Crippen molar-refractivity contribution in [2.75, 3.05) is 34.0 Å². The van der Waals surface area contributed by atoms with E-state index in [0.717, 1.165) is 12.2 Å². The van der Waals surface area contributed by atoms with E-state index in [2.05, 4.69) is 12.2 Å². The summed E-state index contributed by atoms with van der Waals surface area (Å²) < 4.78 is 21.4. The molecule has 140 valence electrons. The standard InChI is InChI=1S/C20H25NO5/c1-4-15-5-7-16(8-6-15)25-10-9-21-20(22)14-26-19-12-17(23-2)11-18(13-19)24-3/h5-8,11-13H,4,9-10,14H2,1-3H3,(H,21,22). The topological polar surface area (TPSA) is 66.0 Å². The molecule has 0 unspecified atom stereocenters. The molecule has 0 saturated carbocycles. The number of carbonyl (C=O) groups excluding carboxylic acids is 1. The van der Waals surface area contributed by atoms with Crippen LogP contribution in [0.4, 0.5) is 0 Å². The van der Waals surface area contributed by atoms with E-state index >= 15 is 0 Å². The van der Waals surface area contributed by atoms with E-state index in [-0.39, 0.29) is 12.5 Å². The second kappa shape index (κ2) is 10.2. The van der Waals surface area contributed by atoms with E-state index in [9.17, 15) is 4.79 Å². The van der Waals surface area contributed by atoms with Gasteiger partial charge in [0.2, 0.25) is 0 Å². The number of benzene rings is 2. The van der Waals surface area contributed by atoms with E-state index < -0.39 is 0 Å². The van der Waals surface area contributed by atoms with Crippen LogP contribution in [0.2, 0.25) is 0 Å². The molecule has 0 atom stereocenters. The molecule has 2 rings (SSSR count). The Kier molecular flexibility index (Phi) is 7.61. The molecule has 2 aromatic carbocycles. The lowest BCUT2D eigenvalue weighted by atomic mass is 10.2. The molecule has 0 heterocycles. The number of carbonyl (C=O) groups is 1. The maximum absolute atomic E-state index is 11.9. The van der Waals surface area contributed by atoms with Gasteiger partial charge in [0.25, 0.3) is 5.91 Å². The van der Waals surface area contributed by atoms with Crippen LogP contribution >= 0.6 is 0 Å². The molecule has 0 aliphatic heterocycles. The minimum absolute atomic E-state index is 0.0957. The van der Waals surface area contributed by atoms with Gasteiger partial charge in [-0.05, 0) is 24.1 Å². The first-order chi connectivity index (χ1) is 12.6. The second-order valence-electron chi connectivity index (χ2n) is 5.53. The Labute approximate surface area is 154 Å². The lowest BCUT2D eigenvalue weighted by molar-refractivity contribution is -0.123. The Morgan fingerprint density at radius 2 is 1.50 bits per heavy atom. The molecule has 0 radical (unpaired) electrons. The third-order valence-corrected chi connectivity index (χ3v) is 3.72. The van der Waals surface area contributed by atoms with Crippen molar-refractivity contribution in [3.05, 3.63) is 48.0 Å². The van der Waals surface area contributed by atoms with Crippen LogP contribution in [0, 0.1) is 0 Å². The quantitative estimate of drug-likeness (QED) is 0.661. The summed E-state index contributed by atoms with van der Waals surface area (Å²) in [5, 5.41) is 2.75. The Balaban J connectivity index is 1.70. The average molecular weight is 359 g/mol. The summed E-state index contributed by atoms with van der Waals surface area (Å²) in [6.45, 7) is 2.81. The van der Waals surface area contributed by atoms with Gasteiger partial charge in [-0.15, -0.1) is 0 Å². The summed E-state index contributed by atoms with van der Waals surface area (Å²) >= 11 is 0. The zero-order valence-electron chi connectivity index (χ0n) is 15.4. The van der Waals surface area contributed by atoms with E-state index in [1.54, 1.807) is 32.4 Å². The number of rotatable bonds is 10. The van der Waals surface area contributed by atoms with Gasteiger partial charge in [-0.1, -0.05) is 19.1 Å². The molecule has 26 heavy (non-hydrogen) atoms. The average Bonchev–Trinajstić information content (AvgIpc) is 2.69. The van der Waals surface area contributed by atoms with Gasteiger partial charge >= 0.3 is 0 Å². The van der Waals surface area contributed by atoms with Crippen molar-refractivity contribution in [2.45, 2.75) is 13.3 Å². The highest BCUT2D eigenvalue weighted by molar-refractivity contribution is 5.77. The molecule has 0 aliphatic rings. The third-order valence-electron chi connectivity index (χ3n) is 3.72. The number of aryl methyl sites for hydroxylation is 1. The zero-order valence-corrected chi connectivity index (χ0v) is 15.4. The Morgan fingerprint density at radius 3 is 2.08 bits per heavy atom. The van der Waals surface area contributed by atoms with E-state index in [1.807, 2.05) is 24.3 Å². The van der Waals surface area contributed by atoms with E-state index in [0.29, 0.717) is 30.4 Å². The van der Waals surface area contributed by atoms with Crippen LogP contribution in [0.25, 0.3) is 0 Å². The Bertz CT molecular complexity index is 678. The Morgan fingerprint density at radius 1 is 0.885 bits per heavy atom. The van der Waals surface area contributed by atoms with Crippen LogP contribution in [0.15, 0.2) is 42.5 Å². The summed E-state index contributed by atoms with van der Waals surface area (Å²) in [4.78, 5) is 11.9. The molecule has 0 aliphatic carbocycles. The van der Waals surface area contributed by atoms with Crippen molar-refractivity contribution in [3.63, 3.8) is 0 Å². The van der Waals surface area contributed by atoms with Gasteiger partial charge in [-0.2, -0.15) is 0 Å². The second-order valence-corrected chi connectivity index (χ2v) is 5.53. The predicted octanol–water partition coefficient (Wildman–Crippen LogP) is 2.84. The number of hydrogen-bond donors (Lipinski definition) is 1. The van der Waals surface area contributed by atoms with Crippen LogP contribution in [-0.2, 0) is 11.2 Å². The minimum Gasteiger partial charge on any atom is -0.496 e. The lowest BCUT2D eigenvalue weighted by Gasteiger charge is -2.11. The number of amides is 1. The fourth-order valence-corrected chi connectivity index (χ4v) is 2.25. The van der Waals surface area contributed by atoms with Crippen molar-refractivity contribution < 1.29 is 23.7 Å². The van der Waals surface area contributed by atoms with Crippen molar-refractivity contribution in [3.8, 4) is 23.0 Å². The highest BCUT2D eigenvalue weighted by Crippen LogP contribution is 2.27. The van der Waals surface area contributed by atoms with Gasteiger partial charge < -0.3 is 24.3 Å². The summed E-state index contributed by atoms with van der Waals surface area (Å²) in [5.41, 5.74) is 1.26. The molecule has 6 nitrogen and oxygen atoms in total. The maximum atomic E-state index is 11.9. The molecule has 1 N–H and O–H groups in total. The van der Waals surface area contributed by atoms with Crippen LogP contribution in [0.1, 0.15) is 12.5 Å². The Hall–Kier alpha value is -2.89. The van der Waals surface area contributed by atoms with Crippen molar-refractivity contribution in [1.29, 1.82) is 0 Å². The normalized spacial score (nSPS) is 10.1. The van der Waals surface area contributed by atoms with Gasteiger partial charge in [-0.25, -0.2) is 0 Å². The summed E-state index contributed by atoms with van der Waals surface area (Å²) in [5.74, 6) is 2.26. The first-order valence-electron chi connectivity index (χ1n) is 8.49. The largest absolute Gasteiger partial charge is 0.496 e. The molecule has 0 fully saturated rings. The van der Waals surface area contributed by atoms with Crippen LogP contribution in [0.5, 0.6) is 23.0 Å². The van der Waals surface area contributed by atoms with Gasteiger partial charge in [0.1, 0.15) is 29.6 Å². The van der Waals surface area contributed by atoms with Gasteiger partial charge in [0.05, 0.1) is 20.8 Å². The lowest BCUT2D eigenvalue weighted by Crippen LogP contribution is -2.32. The number of ether oxygens (including phenoxy) is 4. The smallest absolute Gasteiger partial charge is 0.258 e. The van der Waals surface area contributed by atoms with Crippen LogP contribution < -0.4 is 24.3 Å². The molecule has 1 amide bonds. The fourth-order valence-electron chi connectivity index (χ4n) is 2.25. The molecule has 0 aromatic heterocycles. The third kappa shape index (κ3) is 6.20. The van der Waals surface area contributed by atoms with Gasteiger partial charge in [0.15, 0.2) is 6.61 Å². The number of nitrogens with one attached hydrogen (secondary N) is 1. The van der Waals surface area contributed by atoms with Crippen molar-refractivity contribution in [2.24, 2.45) is 0 Å². The highest BCUT2D eigenvalue weighted by Gasteiger charge is 2.06. The number of methoxy groups -OCH3 is 2. The monoisotopic (exact) mass is 359 g/mol. The maximum Gasteiger partial charge on any atom is 0.258 e. The molecule has 2 aromatic rings. The highest BCUT2D eigenvalue weighted by atomic mass is 16.5. The van der Waals surface area contributed by atoms with Crippen LogP contribution in [0.3, 0.4) is 0 Å². The molecular formula is C20H25NO5. The molecule has 0 spiro atoms. The summed E-state index contributed by atoms with van der Waals surface area (Å²) in [7, 11) is 3.11. The van der Waals surface area contributed by atoms with Crippen molar-refractivity contribution >= 4 is 5.91 Å². The van der Waals surface area contributed by atoms with E-state index in [1.165, 1.54) is 5.56 Å². The van der Waals surface area contributed by atoms with Crippen molar-refractivity contribution in [1.82, 2.24) is 5.32 Å². The van der Waals surface area contributed by atoms with Crippen LogP contribution in [-0.4, -0.2) is 39.9 Å². The molecular weight excluding hydrogens is 334 g/mol. The van der Waals surface area contributed by atoms with E-state index in [4.69, 9.17) is 18.9 Å². The first-order valence-corrected chi connectivity index (χ1v) is 8.49. The van der Waals surface area contributed by atoms with Gasteiger partial charge in [0, 0.05) is 18.2 Å². The fraction of sp³-hybridized carbons (Fsp3) is 0.350. The molecule has 0 saturated heterocycles. The predicted molar refractivity (Wildman–Crippen MR) is 99.4 cm³/mol. The van der Waals surface area contributed by atoms with Gasteiger partial charge in [-0.3, -0.25) is 4.79 Å². The molecule has 0 bridgehead atoms. The SMILES string of the molecule is CCc1ccc(OCCNC(=O)COc2cc(OC)cc(OC)c2)cc1. The first kappa shape index (κ1) is 19.4. The molecule has 6 heteroatoms. The minimum atomic E-state index is -0.225. The summed E-state index contributed by atoms with van der Waals surface area (Å²) in [6, 6.07) is 13.0. The number of hydrogen-bond acceptors (Lipinski definition) is 5.